The zero-order valence-corrected chi connectivity index (χ0v) is 20.0. The second kappa shape index (κ2) is 12.8. The van der Waals surface area contributed by atoms with Gasteiger partial charge >= 0.3 is 0 Å². The number of hydrogen-bond donors (Lipinski definition) is 2. The van der Waals surface area contributed by atoms with Crippen molar-refractivity contribution in [2.75, 3.05) is 38.8 Å². The van der Waals surface area contributed by atoms with Crippen molar-refractivity contribution in [1.82, 2.24) is 19.9 Å². The fourth-order valence-corrected chi connectivity index (χ4v) is 4.04. The van der Waals surface area contributed by atoms with E-state index in [4.69, 9.17) is 9.47 Å². The third-order valence-electron chi connectivity index (χ3n) is 5.06. The molecule has 34 heavy (non-hydrogen) atoms. The molecule has 0 radical (unpaired) electrons. The normalized spacial score (nSPS) is 11.7. The first-order chi connectivity index (χ1) is 16.5. The van der Waals surface area contributed by atoms with Crippen LogP contribution in [0, 0.1) is 0 Å². The number of ether oxygens (including phenoxy) is 2. The Morgan fingerprint density at radius 3 is 2.74 bits per heavy atom. The summed E-state index contributed by atoms with van der Waals surface area (Å²) >= 11 is 1.10. The largest absolute Gasteiger partial charge is 0.497 e. The molecule has 11 heteroatoms. The monoisotopic (exact) mass is 487 g/mol. The van der Waals surface area contributed by atoms with Crippen molar-refractivity contribution in [3.8, 4) is 5.75 Å². The molecule has 0 aliphatic rings. The van der Waals surface area contributed by atoms with E-state index >= 15 is 0 Å². The van der Waals surface area contributed by atoms with Gasteiger partial charge in [-0.2, -0.15) is 0 Å². The maximum Gasteiger partial charge on any atom is 0.263 e. The number of aromatic nitrogens is 3. The summed E-state index contributed by atoms with van der Waals surface area (Å²) in [5, 5.41) is 14.0. The summed E-state index contributed by atoms with van der Waals surface area (Å²) in [5.74, 6) is 0.162. The van der Waals surface area contributed by atoms with E-state index in [1.807, 2.05) is 10.8 Å². The molecule has 2 aromatic heterocycles. The first kappa shape index (κ1) is 25.3. The van der Waals surface area contributed by atoms with Gasteiger partial charge in [0.15, 0.2) is 5.13 Å². The van der Waals surface area contributed by atoms with E-state index in [-0.39, 0.29) is 31.4 Å². The molecule has 1 unspecified atom stereocenters. The van der Waals surface area contributed by atoms with E-state index < -0.39 is 6.10 Å². The number of nitrogens with zero attached hydrogens (tertiary/aromatic N) is 4. The van der Waals surface area contributed by atoms with Gasteiger partial charge in [-0.1, -0.05) is 23.5 Å². The van der Waals surface area contributed by atoms with Crippen LogP contribution in [0.3, 0.4) is 0 Å². The van der Waals surface area contributed by atoms with Crippen LogP contribution >= 0.6 is 11.3 Å². The molecule has 182 valence electrons. The maximum absolute atomic E-state index is 12.8. The van der Waals surface area contributed by atoms with Crippen LogP contribution in [0.1, 0.15) is 34.2 Å². The lowest BCUT2D eigenvalue weighted by molar-refractivity contribution is -0.119. The summed E-state index contributed by atoms with van der Waals surface area (Å²) in [6.07, 6.45) is 6.69. The van der Waals surface area contributed by atoms with E-state index in [0.717, 1.165) is 24.3 Å². The van der Waals surface area contributed by atoms with Gasteiger partial charge in [0.2, 0.25) is 5.91 Å². The number of anilines is 1. The van der Waals surface area contributed by atoms with E-state index in [9.17, 15) is 14.7 Å². The predicted octanol–water partition coefficient (Wildman–Crippen LogP) is 2.27. The first-order valence-electron chi connectivity index (χ1n) is 10.8. The Morgan fingerprint density at radius 1 is 1.26 bits per heavy atom. The van der Waals surface area contributed by atoms with Gasteiger partial charge in [-0.05, 0) is 24.1 Å². The summed E-state index contributed by atoms with van der Waals surface area (Å²) in [6, 6.07) is 6.97. The minimum atomic E-state index is -0.943. The van der Waals surface area contributed by atoms with Gasteiger partial charge in [-0.15, -0.1) is 0 Å². The van der Waals surface area contributed by atoms with E-state index in [1.54, 1.807) is 43.9 Å². The summed E-state index contributed by atoms with van der Waals surface area (Å²) in [6.45, 7) is 1.48. The molecule has 2 N–H and O–H groups in total. The average Bonchev–Trinajstić information content (AvgIpc) is 3.56. The number of aliphatic hydroxyl groups is 1. The number of amides is 2. The SMILES string of the molecule is COCCC(=O)N(CC(O)c1ccc(OC)cc1)c1ncc(C(=O)NCCCn2ccnc2)s1. The Bertz CT molecular complexity index is 1040. The zero-order valence-electron chi connectivity index (χ0n) is 19.2. The highest BCUT2D eigenvalue weighted by atomic mass is 32.1. The molecule has 0 aliphatic heterocycles. The molecule has 0 spiro atoms. The van der Waals surface area contributed by atoms with Crippen LogP contribution in [-0.4, -0.2) is 65.4 Å². The van der Waals surface area contributed by atoms with Crippen LogP contribution < -0.4 is 15.0 Å². The molecule has 2 amide bonds. The number of aliphatic hydroxyl groups excluding tert-OH is 1. The Labute approximate surface area is 202 Å². The molecule has 0 aliphatic carbocycles. The lowest BCUT2D eigenvalue weighted by Gasteiger charge is -2.23. The van der Waals surface area contributed by atoms with Gasteiger partial charge in [0.05, 0.1) is 45.3 Å². The molecule has 3 rings (SSSR count). The molecule has 1 atom stereocenters. The molecule has 0 saturated heterocycles. The molecule has 0 saturated carbocycles. The number of carbonyl (C=O) groups excluding carboxylic acids is 2. The van der Waals surface area contributed by atoms with Crippen LogP contribution in [0.4, 0.5) is 5.13 Å². The number of imidazole rings is 1. The predicted molar refractivity (Wildman–Crippen MR) is 128 cm³/mol. The summed E-state index contributed by atoms with van der Waals surface area (Å²) < 4.78 is 12.1. The van der Waals surface area contributed by atoms with Gasteiger partial charge in [-0.3, -0.25) is 14.5 Å². The Balaban J connectivity index is 1.64. The van der Waals surface area contributed by atoms with Crippen LogP contribution in [-0.2, 0) is 16.1 Å². The topological polar surface area (TPSA) is 119 Å². The van der Waals surface area contributed by atoms with Crippen molar-refractivity contribution >= 4 is 28.3 Å². The third-order valence-corrected chi connectivity index (χ3v) is 6.08. The van der Waals surface area contributed by atoms with Crippen molar-refractivity contribution < 1.29 is 24.2 Å². The number of carbonyl (C=O) groups is 2. The van der Waals surface area contributed by atoms with Crippen molar-refractivity contribution in [2.24, 2.45) is 0 Å². The standard InChI is InChI=1S/C23H29N5O5S/c1-32-13-8-21(30)28(15-19(29)17-4-6-18(33-2)7-5-17)23-26-14-20(34-23)22(31)25-9-3-11-27-12-10-24-16-27/h4-7,10,12,14,16,19,29H,3,8-9,11,13,15H2,1-2H3,(H,25,31). The van der Waals surface area contributed by atoms with E-state index in [2.05, 4.69) is 15.3 Å². The van der Waals surface area contributed by atoms with Gasteiger partial charge in [-0.25, -0.2) is 9.97 Å². The maximum atomic E-state index is 12.8. The van der Waals surface area contributed by atoms with Gasteiger partial charge in [0.1, 0.15) is 10.6 Å². The number of nitrogens with one attached hydrogen (secondary N) is 1. The lowest BCUT2D eigenvalue weighted by atomic mass is 10.1. The second-order valence-corrected chi connectivity index (χ2v) is 8.46. The summed E-state index contributed by atoms with van der Waals surface area (Å²) in [4.78, 5) is 35.5. The van der Waals surface area contributed by atoms with Crippen molar-refractivity contribution in [2.45, 2.75) is 25.5 Å². The fourth-order valence-electron chi connectivity index (χ4n) is 3.18. The average molecular weight is 488 g/mol. The Morgan fingerprint density at radius 2 is 2.06 bits per heavy atom. The van der Waals surface area contributed by atoms with Crippen molar-refractivity contribution in [1.29, 1.82) is 0 Å². The number of rotatable bonds is 13. The zero-order chi connectivity index (χ0) is 24.3. The number of thiazole rings is 1. The van der Waals surface area contributed by atoms with Crippen LogP contribution in [0.5, 0.6) is 5.75 Å². The smallest absolute Gasteiger partial charge is 0.263 e. The second-order valence-electron chi connectivity index (χ2n) is 7.45. The first-order valence-corrected chi connectivity index (χ1v) is 11.6. The minimum absolute atomic E-state index is 0.00560. The molecule has 10 nitrogen and oxygen atoms in total. The van der Waals surface area contributed by atoms with Gasteiger partial charge < -0.3 is 24.5 Å². The van der Waals surface area contributed by atoms with E-state index in [1.165, 1.54) is 18.2 Å². The van der Waals surface area contributed by atoms with Crippen LogP contribution in [0.15, 0.2) is 49.2 Å². The molecule has 0 bridgehead atoms. The molecule has 0 fully saturated rings. The summed E-state index contributed by atoms with van der Waals surface area (Å²) in [5.41, 5.74) is 0.637. The minimum Gasteiger partial charge on any atom is -0.497 e. The van der Waals surface area contributed by atoms with Crippen molar-refractivity contribution in [3.63, 3.8) is 0 Å². The van der Waals surface area contributed by atoms with Crippen molar-refractivity contribution in [3.05, 3.63) is 59.6 Å². The highest BCUT2D eigenvalue weighted by Gasteiger charge is 2.24. The molecule has 1 aromatic carbocycles. The summed E-state index contributed by atoms with van der Waals surface area (Å²) in [7, 11) is 3.08. The number of aryl methyl sites for hydroxylation is 1. The molecular weight excluding hydrogens is 458 g/mol. The van der Waals surface area contributed by atoms with Crippen LogP contribution in [0.25, 0.3) is 0 Å². The van der Waals surface area contributed by atoms with Gasteiger partial charge in [0, 0.05) is 32.6 Å². The lowest BCUT2D eigenvalue weighted by Crippen LogP contribution is -2.35. The number of benzene rings is 1. The molecule has 3 aromatic rings. The van der Waals surface area contributed by atoms with Crippen LogP contribution in [0.2, 0.25) is 0 Å². The highest BCUT2D eigenvalue weighted by molar-refractivity contribution is 7.17. The number of hydrogen-bond acceptors (Lipinski definition) is 8. The fraction of sp³-hybridized carbons (Fsp3) is 0.391. The Kier molecular flexibility index (Phi) is 9.56. The quantitative estimate of drug-likeness (QED) is 0.355. The van der Waals surface area contributed by atoms with E-state index in [0.29, 0.717) is 27.9 Å². The third kappa shape index (κ3) is 7.11. The molecule has 2 heterocycles. The highest BCUT2D eigenvalue weighted by Crippen LogP contribution is 2.26. The van der Waals surface area contributed by atoms with Gasteiger partial charge in [0.25, 0.3) is 5.91 Å². The number of methoxy groups -OCH3 is 2. The Hall–Kier alpha value is -3.28. The molecular formula is C23H29N5O5S.